The van der Waals surface area contributed by atoms with Crippen LogP contribution in [0.15, 0.2) is 84.9 Å². The maximum Gasteiger partial charge on any atom is 0.341 e. The molecule has 4 aromatic rings. The molecule has 0 aliphatic carbocycles. The summed E-state index contributed by atoms with van der Waals surface area (Å²) in [5.74, 6) is -0.596. The summed E-state index contributed by atoms with van der Waals surface area (Å²) in [7, 11) is 0. The van der Waals surface area contributed by atoms with E-state index in [2.05, 4.69) is 46.6 Å². The molecule has 1 aliphatic rings. The molecule has 0 saturated carbocycles. The Hall–Kier alpha value is -3.74. The smallest absolute Gasteiger partial charge is 0.341 e. The van der Waals surface area contributed by atoms with Gasteiger partial charge in [-0.1, -0.05) is 72.8 Å². The van der Waals surface area contributed by atoms with Gasteiger partial charge in [0.15, 0.2) is 0 Å². The summed E-state index contributed by atoms with van der Waals surface area (Å²) in [4.78, 5) is 29.6. The van der Waals surface area contributed by atoms with Crippen LogP contribution >= 0.6 is 11.3 Å². The number of nitrogens with one attached hydrogen (secondary N) is 1. The lowest BCUT2D eigenvalue weighted by atomic mass is 10.0. The lowest BCUT2D eigenvalue weighted by Crippen LogP contribution is -2.29. The molecule has 0 fully saturated rings. The highest BCUT2D eigenvalue weighted by molar-refractivity contribution is 7.17. The van der Waals surface area contributed by atoms with Crippen molar-refractivity contribution >= 4 is 28.2 Å². The summed E-state index contributed by atoms with van der Waals surface area (Å²) in [5, 5.41) is 3.59. The zero-order chi connectivity index (χ0) is 25.6. The molecule has 5 rings (SSSR count). The first-order chi connectivity index (χ1) is 18.1. The number of ether oxygens (including phenoxy) is 1. The second kappa shape index (κ2) is 11.5. The minimum atomic E-state index is -0.370. The zero-order valence-corrected chi connectivity index (χ0v) is 21.7. The number of carbonyl (C=O) groups excluding carboxylic acids is 2. The van der Waals surface area contributed by atoms with Crippen LogP contribution in [-0.4, -0.2) is 29.9 Å². The van der Waals surface area contributed by atoms with Crippen molar-refractivity contribution in [3.05, 3.63) is 123 Å². The van der Waals surface area contributed by atoms with Gasteiger partial charge in [0, 0.05) is 30.1 Å². The maximum atomic E-state index is 13.2. The third kappa shape index (κ3) is 5.98. The Morgan fingerprint density at radius 3 is 2.22 bits per heavy atom. The van der Waals surface area contributed by atoms with E-state index in [9.17, 15) is 9.59 Å². The molecule has 1 aliphatic heterocycles. The van der Waals surface area contributed by atoms with Gasteiger partial charge in [-0.2, -0.15) is 0 Å². The second-order valence-corrected chi connectivity index (χ2v) is 10.3. The van der Waals surface area contributed by atoms with E-state index in [1.54, 1.807) is 6.92 Å². The average Bonchev–Trinajstić information content (AvgIpc) is 3.27. The van der Waals surface area contributed by atoms with Crippen LogP contribution < -0.4 is 5.32 Å². The molecule has 0 unspecified atom stereocenters. The highest BCUT2D eigenvalue weighted by Crippen LogP contribution is 2.38. The topological polar surface area (TPSA) is 58.6 Å². The summed E-state index contributed by atoms with van der Waals surface area (Å²) in [6.45, 7) is 4.53. The van der Waals surface area contributed by atoms with Gasteiger partial charge < -0.3 is 10.1 Å². The predicted octanol–water partition coefficient (Wildman–Crippen LogP) is 6.33. The van der Waals surface area contributed by atoms with E-state index in [0.717, 1.165) is 48.5 Å². The third-order valence-electron chi connectivity index (χ3n) is 6.56. The Morgan fingerprint density at radius 1 is 0.892 bits per heavy atom. The maximum absolute atomic E-state index is 13.2. The first-order valence-corrected chi connectivity index (χ1v) is 13.4. The van der Waals surface area contributed by atoms with Crippen LogP contribution in [0.2, 0.25) is 0 Å². The third-order valence-corrected chi connectivity index (χ3v) is 7.69. The minimum absolute atomic E-state index is 0.225. The number of carbonyl (C=O) groups is 2. The molecule has 0 radical (unpaired) electrons. The van der Waals surface area contributed by atoms with Crippen LogP contribution in [0.25, 0.3) is 0 Å². The minimum Gasteiger partial charge on any atom is -0.462 e. The summed E-state index contributed by atoms with van der Waals surface area (Å²) < 4.78 is 5.38. The van der Waals surface area contributed by atoms with Crippen LogP contribution in [0, 0.1) is 0 Å². The number of anilines is 1. The molecule has 5 nitrogen and oxygen atoms in total. The quantitative estimate of drug-likeness (QED) is 0.282. The number of benzene rings is 3. The van der Waals surface area contributed by atoms with Gasteiger partial charge >= 0.3 is 5.97 Å². The number of amides is 1. The lowest BCUT2D eigenvalue weighted by molar-refractivity contribution is 0.0526. The van der Waals surface area contributed by atoms with Crippen LogP contribution in [0.3, 0.4) is 0 Å². The van der Waals surface area contributed by atoms with E-state index in [-0.39, 0.29) is 11.9 Å². The number of esters is 1. The van der Waals surface area contributed by atoms with E-state index >= 15 is 0 Å². The fourth-order valence-corrected chi connectivity index (χ4v) is 5.99. The predicted molar refractivity (Wildman–Crippen MR) is 148 cm³/mol. The molecule has 0 bridgehead atoms. The number of rotatable bonds is 8. The Morgan fingerprint density at radius 2 is 1.54 bits per heavy atom. The normalized spacial score (nSPS) is 13.1. The van der Waals surface area contributed by atoms with Crippen molar-refractivity contribution in [1.29, 1.82) is 0 Å². The number of hydrogen-bond donors (Lipinski definition) is 1. The van der Waals surface area contributed by atoms with E-state index in [1.165, 1.54) is 22.5 Å². The molecule has 2 heterocycles. The fourth-order valence-electron chi connectivity index (χ4n) is 4.72. The Kier molecular flexibility index (Phi) is 7.78. The monoisotopic (exact) mass is 510 g/mol. The highest BCUT2D eigenvalue weighted by atomic mass is 32.1. The lowest BCUT2D eigenvalue weighted by Gasteiger charge is -2.27. The van der Waals surface area contributed by atoms with Gasteiger partial charge in [-0.05, 0) is 54.2 Å². The molecule has 0 atom stereocenters. The first kappa shape index (κ1) is 24.9. The molecule has 3 aromatic carbocycles. The van der Waals surface area contributed by atoms with Crippen molar-refractivity contribution in [2.45, 2.75) is 32.9 Å². The van der Waals surface area contributed by atoms with Gasteiger partial charge in [0.05, 0.1) is 12.2 Å². The molecule has 1 amide bonds. The molecule has 1 aromatic heterocycles. The van der Waals surface area contributed by atoms with Crippen molar-refractivity contribution in [3.63, 3.8) is 0 Å². The van der Waals surface area contributed by atoms with Crippen LogP contribution in [0.5, 0.6) is 0 Å². The summed E-state index contributed by atoms with van der Waals surface area (Å²) in [5.41, 5.74) is 5.70. The van der Waals surface area contributed by atoms with Gasteiger partial charge in [-0.15, -0.1) is 11.3 Å². The average molecular weight is 511 g/mol. The molecule has 0 saturated heterocycles. The molecular weight excluding hydrogens is 480 g/mol. The number of fused-ring (bicyclic) bond motifs is 1. The van der Waals surface area contributed by atoms with Gasteiger partial charge in [-0.25, -0.2) is 4.79 Å². The summed E-state index contributed by atoms with van der Waals surface area (Å²) >= 11 is 1.48. The number of nitrogens with zero attached hydrogens (tertiary/aromatic N) is 1. The second-order valence-electron chi connectivity index (χ2n) is 9.19. The standard InChI is InChI=1S/C31H30N2O3S/c1-2-36-31(35)28-26-17-18-33(20-24-11-7-4-8-12-24)21-27(26)37-30(28)32-29(34)25-15-13-23(14-16-25)19-22-9-5-3-6-10-22/h3-16H,2,17-21H2,1H3,(H,32,34). The van der Waals surface area contributed by atoms with Crippen molar-refractivity contribution in [1.82, 2.24) is 4.90 Å². The van der Waals surface area contributed by atoms with Gasteiger partial charge in [0.25, 0.3) is 5.91 Å². The summed E-state index contributed by atoms with van der Waals surface area (Å²) in [6.07, 6.45) is 1.56. The van der Waals surface area contributed by atoms with Crippen molar-refractivity contribution in [3.8, 4) is 0 Å². The molecule has 188 valence electrons. The van der Waals surface area contributed by atoms with E-state index in [4.69, 9.17) is 4.74 Å². The van der Waals surface area contributed by atoms with Crippen molar-refractivity contribution < 1.29 is 14.3 Å². The van der Waals surface area contributed by atoms with Crippen LogP contribution in [0.1, 0.15) is 54.8 Å². The van der Waals surface area contributed by atoms with E-state index in [1.807, 2.05) is 48.5 Å². The largest absolute Gasteiger partial charge is 0.462 e. The van der Waals surface area contributed by atoms with Gasteiger partial charge in [-0.3, -0.25) is 9.69 Å². The highest BCUT2D eigenvalue weighted by Gasteiger charge is 2.29. The molecular formula is C31H30N2O3S. The Bertz CT molecular complexity index is 1370. The Balaban J connectivity index is 1.33. The van der Waals surface area contributed by atoms with Crippen molar-refractivity contribution in [2.24, 2.45) is 0 Å². The fraction of sp³-hybridized carbons (Fsp3) is 0.226. The van der Waals surface area contributed by atoms with E-state index < -0.39 is 0 Å². The number of thiophene rings is 1. The van der Waals surface area contributed by atoms with E-state index in [0.29, 0.717) is 22.7 Å². The zero-order valence-electron chi connectivity index (χ0n) is 20.9. The molecule has 37 heavy (non-hydrogen) atoms. The van der Waals surface area contributed by atoms with Crippen LogP contribution in [0.4, 0.5) is 5.00 Å². The summed E-state index contributed by atoms with van der Waals surface area (Å²) in [6, 6.07) is 28.3. The van der Waals surface area contributed by atoms with Crippen LogP contribution in [-0.2, 0) is 30.7 Å². The molecule has 0 spiro atoms. The SMILES string of the molecule is CCOC(=O)c1c(NC(=O)c2ccc(Cc3ccccc3)cc2)sc2c1CCN(Cc1ccccc1)C2. The molecule has 6 heteroatoms. The van der Waals surface area contributed by atoms with Gasteiger partial charge in [0.2, 0.25) is 0 Å². The van der Waals surface area contributed by atoms with Gasteiger partial charge in [0.1, 0.15) is 5.00 Å². The first-order valence-electron chi connectivity index (χ1n) is 12.6. The number of hydrogen-bond acceptors (Lipinski definition) is 5. The molecule has 1 N–H and O–H groups in total. The Labute approximate surface area is 221 Å². The van der Waals surface area contributed by atoms with Crippen molar-refractivity contribution in [2.75, 3.05) is 18.5 Å².